The van der Waals surface area contributed by atoms with Gasteiger partial charge in [-0.05, 0) is 55.8 Å². The van der Waals surface area contributed by atoms with Crippen LogP contribution in [0.4, 0.5) is 30.5 Å². The molecule has 11 heteroatoms. The molecule has 0 aliphatic rings. The Balaban J connectivity index is 1.60. The first-order chi connectivity index (χ1) is 19.1. The summed E-state index contributed by atoms with van der Waals surface area (Å²) < 4.78 is 42.3. The van der Waals surface area contributed by atoms with E-state index in [-0.39, 0.29) is 22.9 Å². The molecule has 1 amide bonds. The van der Waals surface area contributed by atoms with Crippen LogP contribution in [0, 0.1) is 13.8 Å². The van der Waals surface area contributed by atoms with Crippen molar-refractivity contribution in [2.45, 2.75) is 20.0 Å². The van der Waals surface area contributed by atoms with Gasteiger partial charge in [0.25, 0.3) is 5.91 Å². The van der Waals surface area contributed by atoms with E-state index in [0.717, 1.165) is 17.7 Å². The summed E-state index contributed by atoms with van der Waals surface area (Å²) >= 11 is 0. The minimum absolute atomic E-state index is 0.0130. The average molecular weight is 546 g/mol. The summed E-state index contributed by atoms with van der Waals surface area (Å²) in [7, 11) is 0. The van der Waals surface area contributed by atoms with Gasteiger partial charge in [-0.2, -0.15) is 13.2 Å². The molecule has 0 radical (unpaired) electrons. The van der Waals surface area contributed by atoms with Gasteiger partial charge in [-0.1, -0.05) is 30.9 Å². The molecular weight excluding hydrogens is 519 g/mol. The normalized spacial score (nSPS) is 12.0. The molecule has 0 fully saturated rings. The summed E-state index contributed by atoms with van der Waals surface area (Å²) in [5.41, 5.74) is 8.45. The van der Waals surface area contributed by atoms with E-state index in [1.54, 1.807) is 61.8 Å². The van der Waals surface area contributed by atoms with Gasteiger partial charge < -0.3 is 20.9 Å². The summed E-state index contributed by atoms with van der Waals surface area (Å²) in [6.45, 7) is 7.20. The second-order valence-electron chi connectivity index (χ2n) is 8.78. The highest BCUT2D eigenvalue weighted by atomic mass is 19.4. The number of benzene rings is 2. The Morgan fingerprint density at radius 3 is 2.58 bits per heavy atom. The lowest BCUT2D eigenvalue weighted by molar-refractivity contribution is -0.137. The number of nitrogens with two attached hydrogens (primary N) is 1. The van der Waals surface area contributed by atoms with E-state index in [4.69, 9.17) is 5.73 Å². The van der Waals surface area contributed by atoms with Gasteiger partial charge in [0.15, 0.2) is 0 Å². The molecule has 0 spiro atoms. The number of carbonyl (C=O) groups is 1. The number of halogens is 3. The van der Waals surface area contributed by atoms with E-state index in [0.29, 0.717) is 22.6 Å². The van der Waals surface area contributed by atoms with Crippen LogP contribution < -0.4 is 16.4 Å². The predicted octanol–water partition coefficient (Wildman–Crippen LogP) is 6.34. The van der Waals surface area contributed by atoms with Crippen LogP contribution in [0.3, 0.4) is 0 Å². The number of rotatable bonds is 8. The van der Waals surface area contributed by atoms with E-state index >= 15 is 0 Å². The minimum Gasteiger partial charge on any atom is -0.404 e. The van der Waals surface area contributed by atoms with Crippen molar-refractivity contribution in [2.75, 3.05) is 10.6 Å². The van der Waals surface area contributed by atoms with E-state index in [9.17, 15) is 18.0 Å². The third kappa shape index (κ3) is 6.62. The lowest BCUT2D eigenvalue weighted by Gasteiger charge is -2.14. The van der Waals surface area contributed by atoms with Gasteiger partial charge in [0.1, 0.15) is 0 Å². The maximum Gasteiger partial charge on any atom is 0.416 e. The molecule has 0 aliphatic carbocycles. The minimum atomic E-state index is -4.61. The Kier molecular flexibility index (Phi) is 8.13. The predicted molar refractivity (Wildman–Crippen MR) is 149 cm³/mol. The molecule has 2 aromatic heterocycles. The highest BCUT2D eigenvalue weighted by molar-refractivity contribution is 6.05. The number of nitrogens with zero attached hydrogens (tertiary/aromatic N) is 4. The van der Waals surface area contributed by atoms with Crippen LogP contribution >= 0.6 is 0 Å². The zero-order valence-electron chi connectivity index (χ0n) is 21.7. The molecule has 0 unspecified atom stereocenters. The third-order valence-corrected chi connectivity index (χ3v) is 5.80. The van der Waals surface area contributed by atoms with Crippen molar-refractivity contribution in [3.8, 4) is 5.69 Å². The van der Waals surface area contributed by atoms with Gasteiger partial charge >= 0.3 is 6.18 Å². The molecule has 2 aromatic carbocycles. The highest BCUT2D eigenvalue weighted by Gasteiger charge is 2.31. The fraction of sp³-hybridized carbons (Fsp3) is 0.103. The van der Waals surface area contributed by atoms with Gasteiger partial charge in [0, 0.05) is 46.8 Å². The first-order valence-corrected chi connectivity index (χ1v) is 12.0. The zero-order chi connectivity index (χ0) is 28.9. The van der Waals surface area contributed by atoms with Gasteiger partial charge in [0.05, 0.1) is 23.3 Å². The summed E-state index contributed by atoms with van der Waals surface area (Å²) in [6, 6.07) is 9.90. The molecule has 40 heavy (non-hydrogen) atoms. The first kappa shape index (κ1) is 27.8. The number of alkyl halides is 3. The van der Waals surface area contributed by atoms with Crippen LogP contribution in [-0.2, 0) is 6.18 Å². The molecular formula is C29H26F3N7O. The molecule has 2 heterocycles. The molecule has 0 bridgehead atoms. The Bertz CT molecular complexity index is 1620. The van der Waals surface area contributed by atoms with Gasteiger partial charge in [-0.25, -0.2) is 15.0 Å². The van der Waals surface area contributed by atoms with E-state index in [1.165, 1.54) is 23.2 Å². The molecule has 4 aromatic rings. The summed E-state index contributed by atoms with van der Waals surface area (Å²) in [4.78, 5) is 25.9. The summed E-state index contributed by atoms with van der Waals surface area (Å²) in [5.74, 6) is -0.324. The largest absolute Gasteiger partial charge is 0.416 e. The van der Waals surface area contributed by atoms with E-state index in [2.05, 4.69) is 32.2 Å². The fourth-order valence-electron chi connectivity index (χ4n) is 3.76. The lowest BCUT2D eigenvalue weighted by Crippen LogP contribution is -2.14. The number of carbonyl (C=O) groups excluding carboxylic acids is 1. The van der Waals surface area contributed by atoms with Gasteiger partial charge in [-0.3, -0.25) is 4.79 Å². The van der Waals surface area contributed by atoms with Gasteiger partial charge in [-0.15, -0.1) is 0 Å². The second-order valence-corrected chi connectivity index (χ2v) is 8.78. The van der Waals surface area contributed by atoms with Crippen LogP contribution in [0.15, 0.2) is 92.2 Å². The molecule has 0 saturated heterocycles. The number of amides is 1. The van der Waals surface area contributed by atoms with Crippen molar-refractivity contribution in [1.82, 2.24) is 19.5 Å². The van der Waals surface area contributed by atoms with E-state index < -0.39 is 17.6 Å². The van der Waals surface area contributed by atoms with Crippen molar-refractivity contribution in [3.05, 3.63) is 120 Å². The molecule has 0 saturated carbocycles. The number of allylic oxidation sites excluding steroid dienone is 4. The second kappa shape index (κ2) is 11.7. The van der Waals surface area contributed by atoms with Crippen LogP contribution in [0.1, 0.15) is 32.9 Å². The molecule has 0 aliphatic heterocycles. The van der Waals surface area contributed by atoms with Crippen LogP contribution in [0.5, 0.6) is 0 Å². The average Bonchev–Trinajstić information content (AvgIpc) is 3.36. The number of anilines is 3. The van der Waals surface area contributed by atoms with Crippen molar-refractivity contribution in [2.24, 2.45) is 5.73 Å². The molecule has 4 N–H and O–H groups in total. The Hall–Kier alpha value is -5.19. The van der Waals surface area contributed by atoms with Crippen molar-refractivity contribution < 1.29 is 18.0 Å². The number of aryl methyl sites for hydroxylation is 2. The zero-order valence-corrected chi connectivity index (χ0v) is 21.7. The topological polar surface area (TPSA) is 111 Å². The smallest absolute Gasteiger partial charge is 0.404 e. The van der Waals surface area contributed by atoms with Crippen molar-refractivity contribution >= 4 is 28.8 Å². The monoisotopic (exact) mass is 545 g/mol. The molecule has 204 valence electrons. The number of aromatic nitrogens is 4. The number of hydrogen-bond acceptors (Lipinski definition) is 6. The van der Waals surface area contributed by atoms with Crippen molar-refractivity contribution in [1.29, 1.82) is 0 Å². The number of hydrogen-bond donors (Lipinski definition) is 3. The Labute approximate surface area is 228 Å². The molecule has 0 atom stereocenters. The quantitative estimate of drug-likeness (QED) is 0.223. The maximum atomic E-state index is 13.6. The standard InChI is InChI=1S/C29H26F3N7O/c1-4-5-6-21(15-33)25-9-10-34-28(37-25)38-26-11-20(8-7-18(26)2)27(40)36-23-12-22(29(30,31)32)13-24(14-23)39-16-19(3)35-17-39/h4-17H,1,33H2,2-3H3,(H,36,40)(H,34,37,38)/b6-5-,21-15+. The Morgan fingerprint density at radius 1 is 1.10 bits per heavy atom. The third-order valence-electron chi connectivity index (χ3n) is 5.80. The number of nitrogens with one attached hydrogen (secondary N) is 2. The molecule has 4 rings (SSSR count). The Morgan fingerprint density at radius 2 is 1.90 bits per heavy atom. The summed E-state index contributed by atoms with van der Waals surface area (Å²) in [5, 5.41) is 5.68. The summed E-state index contributed by atoms with van der Waals surface area (Å²) in [6.07, 6.45) is 6.46. The van der Waals surface area contributed by atoms with Crippen LogP contribution in [-0.4, -0.2) is 25.4 Å². The molecule has 8 nitrogen and oxygen atoms in total. The highest BCUT2D eigenvalue weighted by Crippen LogP contribution is 2.33. The SMILES string of the molecule is C=C/C=C\C(=C/N)c1ccnc(Nc2cc(C(=O)Nc3cc(-n4cnc(C)c4)cc(C(F)(F)F)c3)ccc2C)n1. The maximum absolute atomic E-state index is 13.6. The van der Waals surface area contributed by atoms with Crippen LogP contribution in [0.2, 0.25) is 0 Å². The van der Waals surface area contributed by atoms with E-state index in [1.807, 2.05) is 6.92 Å². The van der Waals surface area contributed by atoms with Crippen LogP contribution in [0.25, 0.3) is 11.3 Å². The first-order valence-electron chi connectivity index (χ1n) is 12.0. The number of imidazole rings is 1. The fourth-order valence-corrected chi connectivity index (χ4v) is 3.76. The van der Waals surface area contributed by atoms with Gasteiger partial charge in [0.2, 0.25) is 5.95 Å². The van der Waals surface area contributed by atoms with Crippen molar-refractivity contribution in [3.63, 3.8) is 0 Å². The lowest BCUT2D eigenvalue weighted by atomic mass is 10.1.